The first-order valence-corrected chi connectivity index (χ1v) is 11.9. The number of carboxylic acids is 1. The summed E-state index contributed by atoms with van der Waals surface area (Å²) in [6.45, 7) is 5.30. The van der Waals surface area contributed by atoms with Gasteiger partial charge in [0, 0.05) is 18.1 Å². The van der Waals surface area contributed by atoms with Gasteiger partial charge in [-0.05, 0) is 54.5 Å². The molecule has 4 rings (SSSR count). The van der Waals surface area contributed by atoms with Gasteiger partial charge in [-0.15, -0.1) is 11.3 Å². The first kappa shape index (κ1) is 26.0. The van der Waals surface area contributed by atoms with Crippen LogP contribution in [0.1, 0.15) is 43.0 Å². The van der Waals surface area contributed by atoms with Gasteiger partial charge in [0.1, 0.15) is 16.3 Å². The highest BCUT2D eigenvalue weighted by Gasteiger charge is 2.54. The van der Waals surface area contributed by atoms with E-state index in [4.69, 9.17) is 0 Å². The summed E-state index contributed by atoms with van der Waals surface area (Å²) >= 11 is 1.16. The normalized spacial score (nSPS) is 23.9. The average molecular weight is 523 g/mol. The number of hydrogen-bond acceptors (Lipinski definition) is 8. The highest BCUT2D eigenvalue weighted by atomic mass is 32.1. The number of aryl methyl sites for hydroxylation is 1. The van der Waals surface area contributed by atoms with Gasteiger partial charge < -0.3 is 20.6 Å². The molecule has 12 heteroatoms. The van der Waals surface area contributed by atoms with Gasteiger partial charge in [-0.1, -0.05) is 19.9 Å². The maximum atomic E-state index is 13.0. The molecule has 0 bridgehead atoms. The lowest BCUT2D eigenvalue weighted by atomic mass is 9.62. The summed E-state index contributed by atoms with van der Waals surface area (Å²) in [5.74, 6) is -2.04. The van der Waals surface area contributed by atoms with Crippen LogP contribution in [0.15, 0.2) is 36.7 Å². The second kappa shape index (κ2) is 9.09. The molecule has 36 heavy (non-hydrogen) atoms. The number of halogens is 3. The van der Waals surface area contributed by atoms with Crippen molar-refractivity contribution in [2.24, 2.45) is 11.3 Å². The number of carboxylic acid groups (broad SMARTS) is 1. The van der Waals surface area contributed by atoms with Gasteiger partial charge in [0.25, 0.3) is 0 Å². The number of benzene rings is 1. The molecule has 1 fully saturated rings. The quantitative estimate of drug-likeness (QED) is 0.378. The predicted molar refractivity (Wildman–Crippen MR) is 127 cm³/mol. The van der Waals surface area contributed by atoms with Crippen LogP contribution in [0, 0.1) is 18.3 Å². The molecule has 0 radical (unpaired) electrons. The van der Waals surface area contributed by atoms with Crippen LogP contribution in [0.25, 0.3) is 10.4 Å². The van der Waals surface area contributed by atoms with E-state index >= 15 is 0 Å². The van der Waals surface area contributed by atoms with Crippen molar-refractivity contribution in [1.29, 1.82) is 0 Å². The molecule has 2 heterocycles. The van der Waals surface area contributed by atoms with Crippen LogP contribution in [0.5, 0.6) is 0 Å². The van der Waals surface area contributed by atoms with Crippen molar-refractivity contribution in [1.82, 2.24) is 15.0 Å². The van der Waals surface area contributed by atoms with Crippen molar-refractivity contribution < 1.29 is 33.3 Å². The number of nitrogens with one attached hydrogen (secondary N) is 1. The highest BCUT2D eigenvalue weighted by molar-refractivity contribution is 7.15. The lowest BCUT2D eigenvalue weighted by Crippen LogP contribution is -2.53. The van der Waals surface area contributed by atoms with E-state index in [1.54, 1.807) is 32.2 Å². The lowest BCUT2D eigenvalue weighted by molar-refractivity contribution is -0.175. The standard InChI is InChI=1S/C24H25F3N4O4S/c1-12-6-13(8-14(7-12)30-21-28-5-4-17(31-21)24(25,26)27)16-10-29-20(36-16)23(35)11-22(2,3)15(19(33)34)9-18(23)32/h4-8,10,15,18,32,35H,9,11H2,1-3H3,(H,33,34)(H,28,30,31)/t15-,18+,23-/m1/s1. The van der Waals surface area contributed by atoms with Crippen molar-refractivity contribution in [3.63, 3.8) is 0 Å². The van der Waals surface area contributed by atoms with Gasteiger partial charge in [-0.25, -0.2) is 15.0 Å². The molecular formula is C24H25F3N4O4S. The molecule has 0 aliphatic heterocycles. The Morgan fingerprint density at radius 3 is 2.61 bits per heavy atom. The number of anilines is 2. The summed E-state index contributed by atoms with van der Waals surface area (Å²) in [7, 11) is 0. The van der Waals surface area contributed by atoms with Crippen LogP contribution in [0.3, 0.4) is 0 Å². The lowest BCUT2D eigenvalue weighted by Gasteiger charge is -2.47. The third kappa shape index (κ3) is 5.06. The monoisotopic (exact) mass is 522 g/mol. The Kier molecular flexibility index (Phi) is 6.56. The maximum Gasteiger partial charge on any atom is 0.433 e. The second-order valence-corrected chi connectivity index (χ2v) is 10.8. The molecule has 2 aromatic heterocycles. The molecular weight excluding hydrogens is 497 g/mol. The number of alkyl halides is 3. The van der Waals surface area contributed by atoms with Crippen LogP contribution in [0.2, 0.25) is 0 Å². The minimum atomic E-state index is -4.60. The SMILES string of the molecule is Cc1cc(Nc2nccc(C(F)(F)F)n2)cc(-c2cnc([C@@]3(O)CC(C)(C)[C@@H](C(=O)O)C[C@@H]3O)s2)c1. The first-order chi connectivity index (χ1) is 16.7. The third-order valence-corrected chi connectivity index (χ3v) is 7.63. The van der Waals surface area contributed by atoms with E-state index in [1.165, 1.54) is 0 Å². The Bertz CT molecular complexity index is 1300. The summed E-state index contributed by atoms with van der Waals surface area (Å²) in [6, 6.07) is 6.05. The number of carbonyl (C=O) groups is 1. The fourth-order valence-corrected chi connectivity index (χ4v) is 5.68. The molecule has 0 unspecified atom stereocenters. The van der Waals surface area contributed by atoms with Gasteiger partial charge >= 0.3 is 12.1 Å². The molecule has 4 N–H and O–H groups in total. The summed E-state index contributed by atoms with van der Waals surface area (Å²) in [6.07, 6.45) is -3.43. The number of thiazole rings is 1. The van der Waals surface area contributed by atoms with E-state index in [0.29, 0.717) is 16.1 Å². The van der Waals surface area contributed by atoms with E-state index in [-0.39, 0.29) is 23.8 Å². The number of aliphatic hydroxyl groups is 2. The summed E-state index contributed by atoms with van der Waals surface area (Å²) in [5.41, 5.74) is -1.61. The van der Waals surface area contributed by atoms with Gasteiger partial charge in [0.15, 0.2) is 0 Å². The van der Waals surface area contributed by atoms with Crippen LogP contribution in [-0.2, 0) is 16.6 Å². The molecule has 0 saturated heterocycles. The van der Waals surface area contributed by atoms with Crippen molar-refractivity contribution in [2.45, 2.75) is 51.5 Å². The zero-order chi connectivity index (χ0) is 26.5. The maximum absolute atomic E-state index is 13.0. The third-order valence-electron chi connectivity index (χ3n) is 6.42. The summed E-state index contributed by atoms with van der Waals surface area (Å²) in [5, 5.41) is 34.7. The molecule has 192 valence electrons. The van der Waals surface area contributed by atoms with Crippen molar-refractivity contribution in [2.75, 3.05) is 5.32 Å². The summed E-state index contributed by atoms with van der Waals surface area (Å²) in [4.78, 5) is 24.0. The Balaban J connectivity index is 1.62. The Morgan fingerprint density at radius 1 is 1.22 bits per heavy atom. The molecule has 1 saturated carbocycles. The number of nitrogens with zero attached hydrogens (tertiary/aromatic N) is 3. The van der Waals surface area contributed by atoms with Gasteiger partial charge in [0.2, 0.25) is 5.95 Å². The number of rotatable bonds is 5. The molecule has 1 aliphatic rings. The molecule has 0 amide bonds. The van der Waals surface area contributed by atoms with Crippen LogP contribution in [0.4, 0.5) is 24.8 Å². The molecule has 8 nitrogen and oxygen atoms in total. The zero-order valence-corrected chi connectivity index (χ0v) is 20.5. The van der Waals surface area contributed by atoms with Crippen LogP contribution in [-0.4, -0.2) is 42.3 Å². The minimum absolute atomic E-state index is 0.0125. The van der Waals surface area contributed by atoms with E-state index in [9.17, 15) is 33.3 Å². The molecule has 1 aliphatic carbocycles. The Morgan fingerprint density at radius 2 is 1.94 bits per heavy atom. The van der Waals surface area contributed by atoms with Gasteiger partial charge in [0.05, 0.1) is 16.9 Å². The number of hydrogen-bond donors (Lipinski definition) is 4. The van der Waals surface area contributed by atoms with E-state index in [2.05, 4.69) is 20.3 Å². The van der Waals surface area contributed by atoms with Crippen LogP contribution >= 0.6 is 11.3 Å². The minimum Gasteiger partial charge on any atom is -0.481 e. The molecule has 0 spiro atoms. The fraction of sp³-hybridized carbons (Fsp3) is 0.417. The van der Waals surface area contributed by atoms with Crippen molar-refractivity contribution in [3.8, 4) is 10.4 Å². The number of aromatic nitrogens is 3. The molecule has 3 aromatic rings. The molecule has 1 aromatic carbocycles. The second-order valence-electron chi connectivity index (χ2n) is 9.74. The van der Waals surface area contributed by atoms with Crippen molar-refractivity contribution in [3.05, 3.63) is 52.9 Å². The Labute approximate surface area is 208 Å². The smallest absolute Gasteiger partial charge is 0.433 e. The van der Waals surface area contributed by atoms with E-state index in [0.717, 1.165) is 29.2 Å². The average Bonchev–Trinajstić information content (AvgIpc) is 3.26. The van der Waals surface area contributed by atoms with Gasteiger partial charge in [-0.3, -0.25) is 4.79 Å². The van der Waals surface area contributed by atoms with Gasteiger partial charge in [-0.2, -0.15) is 13.2 Å². The fourth-order valence-electron chi connectivity index (χ4n) is 4.64. The van der Waals surface area contributed by atoms with Crippen LogP contribution < -0.4 is 5.32 Å². The first-order valence-electron chi connectivity index (χ1n) is 11.1. The predicted octanol–water partition coefficient (Wildman–Crippen LogP) is 4.74. The highest BCUT2D eigenvalue weighted by Crippen LogP contribution is 2.51. The van der Waals surface area contributed by atoms with Crippen molar-refractivity contribution >= 4 is 28.9 Å². The molecule has 3 atom stereocenters. The largest absolute Gasteiger partial charge is 0.481 e. The van der Waals surface area contributed by atoms with E-state index < -0.39 is 40.9 Å². The Hall–Kier alpha value is -3.09. The number of aliphatic carboxylic acids is 1. The zero-order valence-electron chi connectivity index (χ0n) is 19.7. The van der Waals surface area contributed by atoms with E-state index in [1.807, 2.05) is 13.0 Å². The number of aliphatic hydroxyl groups excluding tert-OH is 1. The summed E-state index contributed by atoms with van der Waals surface area (Å²) < 4.78 is 39.0. The topological polar surface area (TPSA) is 128 Å².